The molecule has 0 saturated heterocycles. The highest BCUT2D eigenvalue weighted by atomic mass is 32.2. The predicted octanol–water partition coefficient (Wildman–Crippen LogP) is 3.27. The van der Waals surface area contributed by atoms with Crippen molar-refractivity contribution in [2.45, 2.75) is 27.2 Å². The van der Waals surface area contributed by atoms with E-state index in [1.165, 1.54) is 0 Å². The summed E-state index contributed by atoms with van der Waals surface area (Å²) in [5.74, 6) is -0.366. The second kappa shape index (κ2) is 7.70. The average Bonchev–Trinajstić information content (AvgIpc) is 2.54. The number of aryl methyl sites for hydroxylation is 3. The molecule has 25 heavy (non-hydrogen) atoms. The topological polar surface area (TPSA) is 66.5 Å². The molecule has 2 rings (SSSR count). The lowest BCUT2D eigenvalue weighted by Crippen LogP contribution is -2.37. The molecular formula is C19H24N2O3S. The molecule has 2 aromatic carbocycles. The number of sulfonamides is 1. The molecular weight excluding hydrogens is 336 g/mol. The number of nitrogens with one attached hydrogen (secondary N) is 1. The first-order chi connectivity index (χ1) is 11.7. The van der Waals surface area contributed by atoms with E-state index < -0.39 is 10.0 Å². The Morgan fingerprint density at radius 3 is 2.28 bits per heavy atom. The van der Waals surface area contributed by atoms with Gasteiger partial charge in [0.25, 0.3) is 0 Å². The van der Waals surface area contributed by atoms with E-state index in [0.717, 1.165) is 39.4 Å². The van der Waals surface area contributed by atoms with E-state index in [4.69, 9.17) is 0 Å². The molecule has 0 heterocycles. The van der Waals surface area contributed by atoms with Crippen LogP contribution in [-0.2, 0) is 21.2 Å². The van der Waals surface area contributed by atoms with E-state index in [1.807, 2.05) is 51.1 Å². The summed E-state index contributed by atoms with van der Waals surface area (Å²) in [4.78, 5) is 12.5. The first kappa shape index (κ1) is 19.0. The van der Waals surface area contributed by atoms with Gasteiger partial charge in [0.2, 0.25) is 15.9 Å². The minimum absolute atomic E-state index is 0.265. The number of benzene rings is 2. The highest BCUT2D eigenvalue weighted by Gasteiger charge is 2.21. The van der Waals surface area contributed by atoms with Gasteiger partial charge in [0.15, 0.2) is 0 Å². The summed E-state index contributed by atoms with van der Waals surface area (Å²) >= 11 is 0. The Bertz CT molecular complexity index is 859. The van der Waals surface area contributed by atoms with Crippen LogP contribution in [0.2, 0.25) is 0 Å². The maximum Gasteiger partial charge on any atom is 0.245 e. The van der Waals surface area contributed by atoms with Crippen molar-refractivity contribution in [1.82, 2.24) is 0 Å². The summed E-state index contributed by atoms with van der Waals surface area (Å²) < 4.78 is 25.4. The lowest BCUT2D eigenvalue weighted by molar-refractivity contribution is -0.114. The molecule has 0 unspecified atom stereocenters. The number of nitrogens with zero attached hydrogens (tertiary/aromatic N) is 1. The van der Waals surface area contributed by atoms with Crippen molar-refractivity contribution in [3.63, 3.8) is 0 Å². The Hall–Kier alpha value is -2.34. The van der Waals surface area contributed by atoms with Gasteiger partial charge >= 0.3 is 0 Å². The second-order valence-electron chi connectivity index (χ2n) is 6.12. The number of amides is 1. The van der Waals surface area contributed by atoms with Crippen LogP contribution in [0, 0.1) is 13.8 Å². The number of carbonyl (C=O) groups excluding carboxylic acids is 1. The molecule has 0 radical (unpaired) electrons. The highest BCUT2D eigenvalue weighted by Crippen LogP contribution is 2.22. The molecule has 0 fully saturated rings. The molecule has 0 aromatic heterocycles. The molecule has 0 spiro atoms. The standard InChI is InChI=1S/C19H24N2O3S/c1-5-16-8-6-7-15(3)19(16)20-18(22)13-21(25(4,23)24)17-11-9-14(2)10-12-17/h6-12H,5,13H2,1-4H3,(H,20,22). The Kier molecular flexibility index (Phi) is 5.85. The van der Waals surface area contributed by atoms with E-state index in [1.54, 1.807) is 12.1 Å². The smallest absolute Gasteiger partial charge is 0.245 e. The number of carbonyl (C=O) groups is 1. The zero-order valence-corrected chi connectivity index (χ0v) is 15.9. The third-order valence-electron chi connectivity index (χ3n) is 4.01. The SMILES string of the molecule is CCc1cccc(C)c1NC(=O)CN(c1ccc(C)cc1)S(C)(=O)=O. The fourth-order valence-corrected chi connectivity index (χ4v) is 3.48. The highest BCUT2D eigenvalue weighted by molar-refractivity contribution is 7.92. The van der Waals surface area contributed by atoms with Crippen LogP contribution in [0.4, 0.5) is 11.4 Å². The molecule has 1 N–H and O–H groups in total. The molecule has 0 saturated carbocycles. The summed E-state index contributed by atoms with van der Waals surface area (Å²) in [5.41, 5.74) is 4.23. The zero-order valence-electron chi connectivity index (χ0n) is 15.0. The number of hydrogen-bond acceptors (Lipinski definition) is 3. The maximum absolute atomic E-state index is 12.5. The van der Waals surface area contributed by atoms with Crippen molar-refractivity contribution in [2.24, 2.45) is 0 Å². The van der Waals surface area contributed by atoms with Gasteiger partial charge in [0, 0.05) is 5.69 Å². The minimum Gasteiger partial charge on any atom is -0.324 e. The predicted molar refractivity (Wildman–Crippen MR) is 103 cm³/mol. The van der Waals surface area contributed by atoms with E-state index in [-0.39, 0.29) is 12.5 Å². The van der Waals surface area contributed by atoms with Gasteiger partial charge in [-0.3, -0.25) is 9.10 Å². The summed E-state index contributed by atoms with van der Waals surface area (Å²) in [5, 5.41) is 2.87. The first-order valence-electron chi connectivity index (χ1n) is 8.15. The Morgan fingerprint density at radius 1 is 1.08 bits per heavy atom. The normalized spacial score (nSPS) is 11.2. The molecule has 0 atom stereocenters. The molecule has 1 amide bonds. The second-order valence-corrected chi connectivity index (χ2v) is 8.02. The third-order valence-corrected chi connectivity index (χ3v) is 5.15. The molecule has 6 heteroatoms. The van der Waals surface area contributed by atoms with Crippen LogP contribution < -0.4 is 9.62 Å². The fourth-order valence-electron chi connectivity index (χ4n) is 2.62. The quantitative estimate of drug-likeness (QED) is 0.860. The lowest BCUT2D eigenvalue weighted by atomic mass is 10.1. The van der Waals surface area contributed by atoms with E-state index in [9.17, 15) is 13.2 Å². The molecule has 0 aliphatic heterocycles. The fraction of sp³-hybridized carbons (Fsp3) is 0.316. The summed E-state index contributed by atoms with van der Waals surface area (Å²) in [6, 6.07) is 12.9. The van der Waals surface area contributed by atoms with Gasteiger partial charge in [-0.05, 0) is 43.5 Å². The van der Waals surface area contributed by atoms with Gasteiger partial charge in [-0.2, -0.15) is 0 Å². The van der Waals surface area contributed by atoms with Crippen molar-refractivity contribution in [2.75, 3.05) is 22.4 Å². The minimum atomic E-state index is -3.57. The molecule has 0 bridgehead atoms. The van der Waals surface area contributed by atoms with Gasteiger partial charge in [-0.25, -0.2) is 8.42 Å². The maximum atomic E-state index is 12.5. The van der Waals surface area contributed by atoms with Crippen LogP contribution in [-0.4, -0.2) is 27.1 Å². The Balaban J connectivity index is 2.25. The molecule has 134 valence electrons. The number of para-hydroxylation sites is 1. The largest absolute Gasteiger partial charge is 0.324 e. The first-order valence-corrected chi connectivity index (χ1v) is 10.00. The number of hydrogen-bond donors (Lipinski definition) is 1. The van der Waals surface area contributed by atoms with Gasteiger partial charge in [0.1, 0.15) is 6.54 Å². The monoisotopic (exact) mass is 360 g/mol. The van der Waals surface area contributed by atoms with Gasteiger partial charge in [0.05, 0.1) is 11.9 Å². The van der Waals surface area contributed by atoms with Crippen molar-refractivity contribution < 1.29 is 13.2 Å². The van der Waals surface area contributed by atoms with Crippen LogP contribution in [0.15, 0.2) is 42.5 Å². The van der Waals surface area contributed by atoms with Gasteiger partial charge in [-0.1, -0.05) is 42.8 Å². The lowest BCUT2D eigenvalue weighted by Gasteiger charge is -2.22. The average molecular weight is 360 g/mol. The zero-order chi connectivity index (χ0) is 18.6. The number of rotatable bonds is 6. The van der Waals surface area contributed by atoms with Crippen LogP contribution in [0.1, 0.15) is 23.6 Å². The van der Waals surface area contributed by atoms with Crippen LogP contribution in [0.5, 0.6) is 0 Å². The number of anilines is 2. The van der Waals surface area contributed by atoms with Crippen LogP contribution in [0.25, 0.3) is 0 Å². The Labute approximate surface area is 149 Å². The summed E-state index contributed by atoms with van der Waals surface area (Å²) in [6.45, 7) is 5.59. The molecule has 0 aliphatic rings. The molecule has 2 aromatic rings. The molecule has 5 nitrogen and oxygen atoms in total. The van der Waals surface area contributed by atoms with E-state index in [0.29, 0.717) is 5.69 Å². The van der Waals surface area contributed by atoms with E-state index >= 15 is 0 Å². The van der Waals surface area contributed by atoms with Gasteiger partial charge in [-0.15, -0.1) is 0 Å². The Morgan fingerprint density at radius 2 is 1.72 bits per heavy atom. The van der Waals surface area contributed by atoms with Crippen LogP contribution >= 0.6 is 0 Å². The van der Waals surface area contributed by atoms with Crippen molar-refractivity contribution in [3.8, 4) is 0 Å². The van der Waals surface area contributed by atoms with E-state index in [2.05, 4.69) is 5.32 Å². The molecule has 0 aliphatic carbocycles. The van der Waals surface area contributed by atoms with Gasteiger partial charge < -0.3 is 5.32 Å². The van der Waals surface area contributed by atoms with Crippen molar-refractivity contribution in [1.29, 1.82) is 0 Å². The summed E-state index contributed by atoms with van der Waals surface area (Å²) in [6.07, 6.45) is 1.89. The van der Waals surface area contributed by atoms with Crippen LogP contribution in [0.3, 0.4) is 0 Å². The van der Waals surface area contributed by atoms with Crippen molar-refractivity contribution >= 4 is 27.3 Å². The summed E-state index contributed by atoms with van der Waals surface area (Å²) in [7, 11) is -3.57. The van der Waals surface area contributed by atoms with Crippen molar-refractivity contribution in [3.05, 3.63) is 59.2 Å². The third kappa shape index (κ3) is 4.82.